The summed E-state index contributed by atoms with van der Waals surface area (Å²) in [6, 6.07) is 0. The van der Waals surface area contributed by atoms with Crippen LogP contribution in [0.15, 0.2) is 0 Å². The highest BCUT2D eigenvalue weighted by Crippen LogP contribution is 2.10. The normalized spacial score (nSPS) is 14.3. The number of rotatable bonds is 12. The van der Waals surface area contributed by atoms with Crippen molar-refractivity contribution >= 4 is 16.3 Å². The van der Waals surface area contributed by atoms with Gasteiger partial charge in [-0.15, -0.1) is 0 Å². The SMILES string of the molecule is CCCCCCCCCCCCOS(=O)(=O)O.O=C1CCCN1. The van der Waals surface area contributed by atoms with E-state index in [-0.39, 0.29) is 12.5 Å². The Hall–Kier alpha value is -0.660. The number of carbonyl (C=O) groups excluding carboxylic acids is 1. The molecule has 1 aliphatic heterocycles. The molecule has 0 radical (unpaired) electrons. The lowest BCUT2D eigenvalue weighted by atomic mass is 10.1. The standard InChI is InChI=1S/C12H26O4S.C4H7NO/c1-2-3-4-5-6-7-8-9-10-11-12-16-17(13,14)15;6-4-2-1-3-5-4/h2-12H2,1H3,(H,13,14,15);1-3H2,(H,5,6). The van der Waals surface area contributed by atoms with Crippen molar-refractivity contribution in [2.24, 2.45) is 0 Å². The first-order valence-electron chi connectivity index (χ1n) is 8.84. The summed E-state index contributed by atoms with van der Waals surface area (Å²) in [5.74, 6) is 0.204. The molecule has 0 aromatic rings. The van der Waals surface area contributed by atoms with Gasteiger partial charge in [0, 0.05) is 13.0 Å². The fourth-order valence-corrected chi connectivity index (χ4v) is 2.65. The van der Waals surface area contributed by atoms with Gasteiger partial charge in [0.1, 0.15) is 0 Å². The molecular weight excluding hydrogens is 318 g/mol. The van der Waals surface area contributed by atoms with Crippen molar-refractivity contribution < 1.29 is 21.9 Å². The van der Waals surface area contributed by atoms with Gasteiger partial charge in [-0.05, 0) is 12.8 Å². The smallest absolute Gasteiger partial charge is 0.356 e. The molecule has 0 aromatic heterocycles. The highest BCUT2D eigenvalue weighted by molar-refractivity contribution is 7.80. The summed E-state index contributed by atoms with van der Waals surface area (Å²) < 4.78 is 33.0. The van der Waals surface area contributed by atoms with Crippen LogP contribution in [0.3, 0.4) is 0 Å². The molecule has 1 amide bonds. The van der Waals surface area contributed by atoms with E-state index in [1.54, 1.807) is 0 Å². The Bertz CT molecular complexity index is 376. The summed E-state index contributed by atoms with van der Waals surface area (Å²) >= 11 is 0. The molecular formula is C16H33NO5S. The zero-order valence-corrected chi connectivity index (χ0v) is 15.2. The Kier molecular flexibility index (Phi) is 14.5. The molecule has 0 atom stereocenters. The van der Waals surface area contributed by atoms with Crippen LogP contribution in [0.2, 0.25) is 0 Å². The molecule has 1 aliphatic rings. The topological polar surface area (TPSA) is 92.7 Å². The van der Waals surface area contributed by atoms with Crippen LogP contribution >= 0.6 is 0 Å². The Labute approximate surface area is 141 Å². The third-order valence-electron chi connectivity index (χ3n) is 3.63. The highest BCUT2D eigenvalue weighted by atomic mass is 32.3. The molecule has 0 saturated carbocycles. The van der Waals surface area contributed by atoms with Crippen molar-refractivity contribution in [3.05, 3.63) is 0 Å². The Morgan fingerprint density at radius 3 is 1.87 bits per heavy atom. The molecule has 0 bridgehead atoms. The predicted octanol–water partition coefficient (Wildman–Crippen LogP) is 3.62. The lowest BCUT2D eigenvalue weighted by Gasteiger charge is -2.02. The average molecular weight is 352 g/mol. The van der Waals surface area contributed by atoms with E-state index in [0.717, 1.165) is 32.2 Å². The first kappa shape index (κ1) is 22.3. The second-order valence-corrected chi connectivity index (χ2v) is 6.98. The summed E-state index contributed by atoms with van der Waals surface area (Å²) in [5.41, 5.74) is 0. The molecule has 7 heteroatoms. The maximum Gasteiger partial charge on any atom is 0.397 e. The molecule has 6 nitrogen and oxygen atoms in total. The molecule has 2 N–H and O–H groups in total. The number of nitrogens with one attached hydrogen (secondary N) is 1. The molecule has 1 fully saturated rings. The number of hydrogen-bond donors (Lipinski definition) is 2. The minimum Gasteiger partial charge on any atom is -0.356 e. The number of unbranched alkanes of at least 4 members (excludes halogenated alkanes) is 9. The molecule has 1 heterocycles. The summed E-state index contributed by atoms with van der Waals surface area (Å²) in [6.45, 7) is 3.20. The Morgan fingerprint density at radius 1 is 1.00 bits per heavy atom. The monoisotopic (exact) mass is 351 g/mol. The fraction of sp³-hybridized carbons (Fsp3) is 0.938. The zero-order valence-electron chi connectivity index (χ0n) is 14.4. The van der Waals surface area contributed by atoms with E-state index in [2.05, 4.69) is 16.4 Å². The lowest BCUT2D eigenvalue weighted by Crippen LogP contribution is -2.12. The Balaban J connectivity index is 0.000000664. The zero-order chi connectivity index (χ0) is 17.4. The number of hydrogen-bond acceptors (Lipinski definition) is 4. The van der Waals surface area contributed by atoms with E-state index in [1.165, 1.54) is 44.9 Å². The maximum atomic E-state index is 10.2. The van der Waals surface area contributed by atoms with Crippen molar-refractivity contribution in [3.63, 3.8) is 0 Å². The summed E-state index contributed by atoms with van der Waals surface area (Å²) in [7, 11) is -4.23. The lowest BCUT2D eigenvalue weighted by molar-refractivity contribution is -0.119. The van der Waals surface area contributed by atoms with Gasteiger partial charge < -0.3 is 5.32 Å². The minimum atomic E-state index is -4.23. The van der Waals surface area contributed by atoms with Gasteiger partial charge in [0.25, 0.3) is 0 Å². The fourth-order valence-electron chi connectivity index (χ4n) is 2.32. The molecule has 0 aromatic carbocycles. The van der Waals surface area contributed by atoms with Crippen molar-refractivity contribution in [2.75, 3.05) is 13.2 Å². The quantitative estimate of drug-likeness (QED) is 0.414. The van der Waals surface area contributed by atoms with Gasteiger partial charge in [-0.2, -0.15) is 8.42 Å². The van der Waals surface area contributed by atoms with Crippen molar-refractivity contribution in [2.45, 2.75) is 84.0 Å². The van der Waals surface area contributed by atoms with Gasteiger partial charge in [-0.3, -0.25) is 9.35 Å². The average Bonchev–Trinajstić information content (AvgIpc) is 2.95. The number of carbonyl (C=O) groups is 1. The molecule has 138 valence electrons. The predicted molar refractivity (Wildman–Crippen MR) is 91.6 cm³/mol. The van der Waals surface area contributed by atoms with Crippen LogP contribution in [-0.2, 0) is 19.4 Å². The summed E-state index contributed by atoms with van der Waals surface area (Å²) in [5, 5.41) is 2.68. The van der Waals surface area contributed by atoms with Crippen LogP contribution in [0.25, 0.3) is 0 Å². The third-order valence-corrected chi connectivity index (χ3v) is 4.10. The molecule has 1 rings (SSSR count). The van der Waals surface area contributed by atoms with Crippen LogP contribution in [0.5, 0.6) is 0 Å². The summed E-state index contributed by atoms with van der Waals surface area (Å²) in [6.07, 6.45) is 13.6. The largest absolute Gasteiger partial charge is 0.397 e. The first-order chi connectivity index (χ1) is 11.0. The van der Waals surface area contributed by atoms with Gasteiger partial charge in [-0.1, -0.05) is 64.7 Å². The third kappa shape index (κ3) is 19.3. The molecule has 0 aliphatic carbocycles. The molecule has 1 saturated heterocycles. The van der Waals surface area contributed by atoms with Gasteiger partial charge in [-0.25, -0.2) is 4.18 Å². The minimum absolute atomic E-state index is 0.0926. The maximum absolute atomic E-state index is 10.2. The van der Waals surface area contributed by atoms with E-state index >= 15 is 0 Å². The van der Waals surface area contributed by atoms with Crippen molar-refractivity contribution in [1.29, 1.82) is 0 Å². The van der Waals surface area contributed by atoms with Crippen LogP contribution in [0.4, 0.5) is 0 Å². The summed E-state index contributed by atoms with van der Waals surface area (Å²) in [4.78, 5) is 10.1. The van der Waals surface area contributed by atoms with Crippen LogP contribution in [0.1, 0.15) is 84.0 Å². The Morgan fingerprint density at radius 2 is 1.52 bits per heavy atom. The van der Waals surface area contributed by atoms with E-state index in [0.29, 0.717) is 6.42 Å². The number of amides is 1. The van der Waals surface area contributed by atoms with Crippen LogP contribution < -0.4 is 5.32 Å². The van der Waals surface area contributed by atoms with Gasteiger partial charge in [0.15, 0.2) is 0 Å². The molecule has 23 heavy (non-hydrogen) atoms. The second-order valence-electron chi connectivity index (χ2n) is 5.89. The first-order valence-corrected chi connectivity index (χ1v) is 10.2. The molecule has 0 unspecified atom stereocenters. The van der Waals surface area contributed by atoms with Crippen molar-refractivity contribution in [3.8, 4) is 0 Å². The van der Waals surface area contributed by atoms with Crippen molar-refractivity contribution in [1.82, 2.24) is 5.32 Å². The molecule has 0 spiro atoms. The van der Waals surface area contributed by atoms with Crippen LogP contribution in [0, 0.1) is 0 Å². The van der Waals surface area contributed by atoms with Crippen LogP contribution in [-0.4, -0.2) is 32.0 Å². The van der Waals surface area contributed by atoms with Gasteiger partial charge >= 0.3 is 10.4 Å². The van der Waals surface area contributed by atoms with E-state index in [4.69, 9.17) is 4.55 Å². The van der Waals surface area contributed by atoms with E-state index in [9.17, 15) is 13.2 Å². The highest BCUT2D eigenvalue weighted by Gasteiger charge is 2.05. The van der Waals surface area contributed by atoms with Gasteiger partial charge in [0.2, 0.25) is 5.91 Å². The van der Waals surface area contributed by atoms with E-state index < -0.39 is 10.4 Å². The second kappa shape index (κ2) is 14.9. The van der Waals surface area contributed by atoms with E-state index in [1.807, 2.05) is 0 Å². The van der Waals surface area contributed by atoms with Gasteiger partial charge in [0.05, 0.1) is 6.61 Å².